The first-order chi connectivity index (χ1) is 36.7. The first-order valence-corrected chi connectivity index (χ1v) is 24.7. The Kier molecular flexibility index (Phi) is 29.0. The largest absolute Gasteiger partial charge is 0.477 e. The minimum atomic E-state index is -3.15. The molecule has 15 N–H and O–H groups in total. The molecule has 33 heteroatoms. The number of aliphatic hydroxyl groups excluding tert-OH is 11. The third-order valence-corrected chi connectivity index (χ3v) is 12.4. The van der Waals surface area contributed by atoms with E-state index in [0.29, 0.717) is 32.8 Å². The van der Waals surface area contributed by atoms with Crippen LogP contribution in [0.5, 0.6) is 0 Å². The van der Waals surface area contributed by atoms with E-state index in [9.17, 15) is 80.5 Å². The summed E-state index contributed by atoms with van der Waals surface area (Å²) in [6.45, 7) is 2.51. The molecule has 4 aliphatic heterocycles. The zero-order valence-corrected chi connectivity index (χ0v) is 42.7. The lowest BCUT2D eigenvalue weighted by molar-refractivity contribution is -0.391. The van der Waals surface area contributed by atoms with E-state index in [1.807, 2.05) is 5.48 Å². The van der Waals surface area contributed by atoms with Crippen LogP contribution in [0.15, 0.2) is 0 Å². The molecule has 0 radical (unpaired) electrons. The molecule has 3 amide bonds. The van der Waals surface area contributed by atoms with Crippen LogP contribution in [-0.4, -0.2) is 313 Å². The quantitative estimate of drug-likeness (QED) is 0.0159. The molecule has 4 saturated heterocycles. The van der Waals surface area contributed by atoms with Crippen LogP contribution >= 0.6 is 0 Å². The van der Waals surface area contributed by atoms with Gasteiger partial charge in [0.25, 0.3) is 5.79 Å². The van der Waals surface area contributed by atoms with Gasteiger partial charge in [-0.3, -0.25) is 19.2 Å². The van der Waals surface area contributed by atoms with Crippen molar-refractivity contribution >= 4 is 24.2 Å². The van der Waals surface area contributed by atoms with E-state index in [-0.39, 0.29) is 52.9 Å². The van der Waals surface area contributed by atoms with E-state index in [0.717, 1.165) is 13.8 Å². The van der Waals surface area contributed by atoms with Crippen molar-refractivity contribution in [3.63, 3.8) is 0 Å². The molecule has 4 fully saturated rings. The van der Waals surface area contributed by atoms with Gasteiger partial charge in [0.05, 0.1) is 117 Å². The van der Waals surface area contributed by atoms with Crippen molar-refractivity contribution in [3.05, 3.63) is 0 Å². The third kappa shape index (κ3) is 19.3. The van der Waals surface area contributed by atoms with Crippen LogP contribution in [0, 0.1) is 0 Å². The number of hydrogen-bond donors (Lipinski definition) is 15. The van der Waals surface area contributed by atoms with Crippen LogP contribution in [0.25, 0.3) is 0 Å². The lowest BCUT2D eigenvalue weighted by Crippen LogP contribution is -2.71. The number of aliphatic carboxylic acids is 1. The van der Waals surface area contributed by atoms with Crippen molar-refractivity contribution < 1.29 is 147 Å². The molecule has 0 bridgehead atoms. The Morgan fingerprint density at radius 1 is 0.623 bits per heavy atom. The van der Waals surface area contributed by atoms with Gasteiger partial charge in [0.1, 0.15) is 85.4 Å². The summed E-state index contributed by atoms with van der Waals surface area (Å²) in [4.78, 5) is 52.8. The molecule has 33 nitrogen and oxygen atoms in total. The summed E-state index contributed by atoms with van der Waals surface area (Å²) in [6.07, 6.45) is -34.7. The van der Waals surface area contributed by atoms with Crippen molar-refractivity contribution in [1.82, 2.24) is 16.1 Å². The van der Waals surface area contributed by atoms with Crippen LogP contribution in [0.3, 0.4) is 0 Å². The van der Waals surface area contributed by atoms with Gasteiger partial charge in [0, 0.05) is 20.3 Å². The van der Waals surface area contributed by atoms with Crippen molar-refractivity contribution in [1.29, 1.82) is 0 Å². The molecule has 0 aromatic heterocycles. The number of carboxylic acids is 1. The summed E-state index contributed by atoms with van der Waals surface area (Å²) in [5.74, 6) is -6.70. The maximum Gasteiger partial charge on any atom is 0.364 e. The topological polar surface area (TPSA) is 476 Å². The Labute approximate surface area is 441 Å². The van der Waals surface area contributed by atoms with E-state index in [4.69, 9.17) is 66.4 Å². The zero-order valence-electron chi connectivity index (χ0n) is 42.7. The van der Waals surface area contributed by atoms with E-state index in [1.165, 1.54) is 6.92 Å². The molecule has 0 aliphatic carbocycles. The monoisotopic (exact) mass is 1130 g/mol. The smallest absolute Gasteiger partial charge is 0.364 e. The molecule has 0 spiro atoms. The van der Waals surface area contributed by atoms with Gasteiger partial charge in [-0.1, -0.05) is 0 Å². The zero-order chi connectivity index (χ0) is 56.8. The highest BCUT2D eigenvalue weighted by Gasteiger charge is 2.61. The highest BCUT2D eigenvalue weighted by atomic mass is 16.8. The number of carbonyl (C=O) groups excluding carboxylic acids is 3. The maximum atomic E-state index is 13.1. The molecular weight excluding hydrogens is 1050 g/mol. The first-order valence-electron chi connectivity index (χ1n) is 24.7. The molecule has 0 aromatic rings. The van der Waals surface area contributed by atoms with E-state index in [1.54, 1.807) is 0 Å². The van der Waals surface area contributed by atoms with Gasteiger partial charge in [0.2, 0.25) is 18.2 Å². The maximum absolute atomic E-state index is 13.1. The molecule has 77 heavy (non-hydrogen) atoms. The number of nitrogens with one attached hydrogen (secondary N) is 3. The SMILES string of the molecule is CC(=O)N[C@H]1[C@H](OCCOCCOCCOCCOCCOCCONC=O)O[C@H](CO)[C@@H](O[C@@H]2O[C@H](CO)[C@H](O)[C@H](O[C@@]3(C(=O)O)C[C@H](O)[C@@H](NC(C)=O)[C@H]([C@H](O)[C@H](O)CO)O3)[C@H]2O)[C@@H]1O[C@@H]1O[C@@H](C)[C@@H](O)[C@@H](O)[C@@H]1O. The minimum absolute atomic E-state index is 0.0833. The minimum Gasteiger partial charge on any atom is -0.477 e. The molecule has 4 aliphatic rings. The van der Waals surface area contributed by atoms with E-state index < -0.39 is 172 Å². The summed E-state index contributed by atoms with van der Waals surface area (Å²) in [5, 5.41) is 134. The van der Waals surface area contributed by atoms with Crippen LogP contribution in [0.1, 0.15) is 27.2 Å². The fraction of sp³-hybridized carbons (Fsp3) is 0.909. The predicted octanol–water partition coefficient (Wildman–Crippen LogP) is -9.44. The molecule has 0 aromatic carbocycles. The Morgan fingerprint density at radius 2 is 1.13 bits per heavy atom. The van der Waals surface area contributed by atoms with E-state index in [2.05, 4.69) is 10.6 Å². The second-order valence-electron chi connectivity index (χ2n) is 18.0. The summed E-state index contributed by atoms with van der Waals surface area (Å²) in [5.41, 5.74) is 2.04. The van der Waals surface area contributed by atoms with E-state index >= 15 is 0 Å². The van der Waals surface area contributed by atoms with Gasteiger partial charge in [-0.25, -0.2) is 10.3 Å². The average Bonchev–Trinajstić information content (AvgIpc) is 3.42. The Morgan fingerprint density at radius 3 is 1.65 bits per heavy atom. The number of hydrogen-bond acceptors (Lipinski definition) is 29. The summed E-state index contributed by atoms with van der Waals surface area (Å²) < 4.78 is 74.5. The second kappa shape index (κ2) is 33.6. The molecular formula is C44H77N3O30. The van der Waals surface area contributed by atoms with Crippen molar-refractivity contribution in [3.8, 4) is 0 Å². The second-order valence-corrected chi connectivity index (χ2v) is 18.0. The number of rotatable bonds is 35. The van der Waals surface area contributed by atoms with Gasteiger partial charge in [0.15, 0.2) is 18.9 Å². The molecule has 0 unspecified atom stereocenters. The average molecular weight is 1130 g/mol. The summed E-state index contributed by atoms with van der Waals surface area (Å²) in [6, 6.07) is -3.13. The van der Waals surface area contributed by atoms with Gasteiger partial charge in [-0.15, -0.1) is 0 Å². The fourth-order valence-corrected chi connectivity index (χ4v) is 8.51. The standard InChI is InChI=1S/C44H77N3O30/c1-21-30(56)33(59)34(60)41(71-21)75-38-29(47-23(3)53)40(69-14-12-67-10-8-65-6-4-64-5-7-66-9-11-68-13-15-70-45-20-51)73-27(19-50)36(38)74-42-35(61)39(32(58)26(18-49)72-42)77-44(43(62)63)16-24(54)28(46-22(2)52)37(76-44)31(57)25(55)17-48/h20-21,24-42,48-50,54-61H,4-19H2,1-3H3,(H,45,51)(H,46,52)(H,47,53)(H,62,63)/t21-,24-,25+,26+,27+,28+,29+,30+,31+,32-,33+,34-,35+,36+,37+,38+,39-,40+,41-,42-,44+/m0/s1. The highest BCUT2D eigenvalue weighted by Crippen LogP contribution is 2.39. The Bertz CT molecular complexity index is 1730. The fourth-order valence-electron chi connectivity index (χ4n) is 8.51. The van der Waals surface area contributed by atoms with Gasteiger partial charge in [-0.05, 0) is 6.92 Å². The van der Waals surface area contributed by atoms with Crippen LogP contribution in [0.4, 0.5) is 0 Å². The Balaban J connectivity index is 1.48. The summed E-state index contributed by atoms with van der Waals surface area (Å²) >= 11 is 0. The number of hydroxylamine groups is 1. The Hall–Kier alpha value is -3.12. The molecule has 4 heterocycles. The highest BCUT2D eigenvalue weighted by molar-refractivity contribution is 5.76. The molecule has 4 rings (SSSR count). The number of carboxylic acid groups (broad SMARTS) is 1. The van der Waals surface area contributed by atoms with Crippen LogP contribution < -0.4 is 16.1 Å². The summed E-state index contributed by atoms with van der Waals surface area (Å²) in [7, 11) is 0. The lowest BCUT2D eigenvalue weighted by atomic mass is 9.88. The third-order valence-electron chi connectivity index (χ3n) is 12.4. The molecule has 448 valence electrons. The number of amides is 3. The molecule has 0 saturated carbocycles. The lowest BCUT2D eigenvalue weighted by Gasteiger charge is -2.51. The number of aliphatic hydroxyl groups is 11. The predicted molar refractivity (Wildman–Crippen MR) is 246 cm³/mol. The van der Waals surface area contributed by atoms with Crippen molar-refractivity contribution in [2.24, 2.45) is 0 Å². The number of carbonyl (C=O) groups is 4. The van der Waals surface area contributed by atoms with Crippen molar-refractivity contribution in [2.45, 2.75) is 155 Å². The van der Waals surface area contributed by atoms with Crippen molar-refractivity contribution in [2.75, 3.05) is 99.1 Å². The van der Waals surface area contributed by atoms with Crippen LogP contribution in [0.2, 0.25) is 0 Å². The molecule has 21 atom stereocenters. The van der Waals surface area contributed by atoms with Gasteiger partial charge in [-0.2, -0.15) is 0 Å². The van der Waals surface area contributed by atoms with Gasteiger partial charge < -0.3 is 133 Å². The normalized spacial score (nSPS) is 36.4. The first kappa shape index (κ1) is 66.4. The van der Waals surface area contributed by atoms with Crippen LogP contribution in [-0.2, 0) is 85.6 Å². The van der Waals surface area contributed by atoms with Gasteiger partial charge >= 0.3 is 5.97 Å². The number of ether oxygens (including phenoxy) is 13.